The Morgan fingerprint density at radius 3 is 2.41 bits per heavy atom. The maximum Gasteiger partial charge on any atom is 0.312 e. The summed E-state index contributed by atoms with van der Waals surface area (Å²) in [6.07, 6.45) is 3.23. The van der Waals surface area contributed by atoms with Crippen LogP contribution >= 0.6 is 11.6 Å². The molecule has 10 heteroatoms. The highest BCUT2D eigenvalue weighted by Gasteiger charge is 2.61. The Morgan fingerprint density at radius 1 is 1.22 bits per heavy atom. The summed E-state index contributed by atoms with van der Waals surface area (Å²) in [5.41, 5.74) is -1.29. The molecule has 4 bridgehead atoms. The monoisotopic (exact) mass is 484 g/mol. The highest BCUT2D eigenvalue weighted by atomic mass is 35.5. The van der Waals surface area contributed by atoms with E-state index in [1.165, 1.54) is 39.2 Å². The molecular formula is C22H29ClN2O6S. The maximum atomic E-state index is 13.1. The van der Waals surface area contributed by atoms with E-state index in [-0.39, 0.29) is 15.6 Å². The Kier molecular flexibility index (Phi) is 5.85. The largest absolute Gasteiger partial charge is 0.452 e. The number of halogens is 1. The summed E-state index contributed by atoms with van der Waals surface area (Å²) in [5, 5.41) is 13.5. The van der Waals surface area contributed by atoms with Crippen LogP contribution in [0, 0.1) is 17.3 Å². The summed E-state index contributed by atoms with van der Waals surface area (Å²) in [6.45, 7) is 1.48. The zero-order chi connectivity index (χ0) is 23.5. The van der Waals surface area contributed by atoms with Gasteiger partial charge in [0.05, 0.1) is 16.0 Å². The molecule has 4 saturated carbocycles. The van der Waals surface area contributed by atoms with E-state index in [2.05, 4.69) is 5.32 Å². The number of aliphatic hydroxyl groups is 1. The number of sulfonamides is 1. The highest BCUT2D eigenvalue weighted by Crippen LogP contribution is 2.62. The summed E-state index contributed by atoms with van der Waals surface area (Å²) < 4.78 is 31.5. The third kappa shape index (κ3) is 4.16. The topological polar surface area (TPSA) is 113 Å². The van der Waals surface area contributed by atoms with Gasteiger partial charge in [-0.25, -0.2) is 12.7 Å². The molecule has 0 unspecified atom stereocenters. The number of hydrogen-bond acceptors (Lipinski definition) is 6. The molecule has 5 rings (SSSR count). The lowest BCUT2D eigenvalue weighted by Crippen LogP contribution is -2.59. The lowest BCUT2D eigenvalue weighted by Gasteiger charge is -2.58. The molecule has 8 nitrogen and oxygen atoms in total. The molecule has 4 fully saturated rings. The summed E-state index contributed by atoms with van der Waals surface area (Å²) >= 11 is 6.05. The third-order valence-electron chi connectivity index (χ3n) is 7.07. The van der Waals surface area contributed by atoms with Crippen LogP contribution < -0.4 is 5.32 Å². The average Bonchev–Trinajstić information content (AvgIpc) is 2.67. The Hall–Kier alpha value is -1.68. The molecule has 176 valence electrons. The predicted octanol–water partition coefficient (Wildman–Crippen LogP) is 2.79. The van der Waals surface area contributed by atoms with Gasteiger partial charge in [-0.2, -0.15) is 0 Å². The van der Waals surface area contributed by atoms with Crippen molar-refractivity contribution in [3.63, 3.8) is 0 Å². The molecule has 0 aliphatic heterocycles. The first-order valence-electron chi connectivity index (χ1n) is 10.8. The minimum atomic E-state index is -3.80. The first-order chi connectivity index (χ1) is 14.8. The van der Waals surface area contributed by atoms with Crippen LogP contribution in [0.15, 0.2) is 23.1 Å². The van der Waals surface area contributed by atoms with Crippen molar-refractivity contribution in [3.8, 4) is 0 Å². The number of hydrogen-bond donors (Lipinski definition) is 2. The van der Waals surface area contributed by atoms with Gasteiger partial charge in [-0.05, 0) is 75.5 Å². The number of ether oxygens (including phenoxy) is 1. The standard InChI is InChI=1S/C22H29ClN2O6S/c1-13(19(26)24-16-4-5-17(23)18(7-16)32(29,30)25(2)3)31-20(27)21-8-14-6-15(9-21)11-22(28,10-14)12-21/h4-5,7,13-15,28H,6,8-12H2,1-3H3,(H,24,26)/t13-,14+,15+,21?,22?/m0/s1. The lowest BCUT2D eigenvalue weighted by atomic mass is 9.48. The smallest absolute Gasteiger partial charge is 0.312 e. The number of rotatable bonds is 6. The molecule has 0 saturated heterocycles. The minimum absolute atomic E-state index is 0.0379. The van der Waals surface area contributed by atoms with Crippen molar-refractivity contribution >= 4 is 39.2 Å². The first kappa shape index (κ1) is 23.5. The Bertz CT molecular complexity index is 1040. The summed E-state index contributed by atoms with van der Waals surface area (Å²) in [4.78, 5) is 25.7. The third-order valence-corrected chi connectivity index (χ3v) is 9.37. The molecule has 4 aliphatic carbocycles. The molecular weight excluding hydrogens is 456 g/mol. The fraction of sp³-hybridized carbons (Fsp3) is 0.636. The molecule has 1 aromatic carbocycles. The van der Waals surface area contributed by atoms with E-state index in [0.717, 1.165) is 23.6 Å². The van der Waals surface area contributed by atoms with E-state index in [4.69, 9.17) is 16.3 Å². The Morgan fingerprint density at radius 2 is 1.84 bits per heavy atom. The van der Waals surface area contributed by atoms with E-state index in [9.17, 15) is 23.1 Å². The second kappa shape index (κ2) is 7.97. The van der Waals surface area contributed by atoms with Gasteiger partial charge in [-0.15, -0.1) is 0 Å². The van der Waals surface area contributed by atoms with E-state index >= 15 is 0 Å². The number of carbonyl (C=O) groups excluding carboxylic acids is 2. The van der Waals surface area contributed by atoms with Crippen LogP contribution in [-0.4, -0.2) is 55.5 Å². The molecule has 32 heavy (non-hydrogen) atoms. The quantitative estimate of drug-likeness (QED) is 0.600. The number of esters is 1. The van der Waals surface area contributed by atoms with Gasteiger partial charge < -0.3 is 15.2 Å². The molecule has 0 spiro atoms. The molecule has 1 amide bonds. The van der Waals surface area contributed by atoms with E-state index in [1.807, 2.05) is 0 Å². The van der Waals surface area contributed by atoms with Gasteiger partial charge in [0.25, 0.3) is 5.91 Å². The molecule has 4 aliphatic rings. The van der Waals surface area contributed by atoms with Gasteiger partial charge in [-0.1, -0.05) is 11.6 Å². The van der Waals surface area contributed by atoms with Crippen molar-refractivity contribution < 1.29 is 27.9 Å². The molecule has 1 aromatic rings. The fourth-order valence-electron chi connectivity index (χ4n) is 6.01. The van der Waals surface area contributed by atoms with Gasteiger partial charge in [0, 0.05) is 19.8 Å². The maximum absolute atomic E-state index is 13.1. The number of anilines is 1. The molecule has 3 atom stereocenters. The van der Waals surface area contributed by atoms with E-state index in [0.29, 0.717) is 31.1 Å². The van der Waals surface area contributed by atoms with Crippen molar-refractivity contribution in [3.05, 3.63) is 23.2 Å². The predicted molar refractivity (Wildman–Crippen MR) is 119 cm³/mol. The second-order valence-electron chi connectivity index (χ2n) is 9.94. The van der Waals surface area contributed by atoms with Crippen LogP contribution in [0.5, 0.6) is 0 Å². The van der Waals surface area contributed by atoms with Crippen LogP contribution in [-0.2, 0) is 24.3 Å². The normalized spacial score (nSPS) is 32.1. The Balaban J connectivity index is 1.45. The van der Waals surface area contributed by atoms with Crippen LogP contribution in [0.1, 0.15) is 45.4 Å². The van der Waals surface area contributed by atoms with Gasteiger partial charge in [0.1, 0.15) is 4.90 Å². The van der Waals surface area contributed by atoms with E-state index in [1.54, 1.807) is 0 Å². The van der Waals surface area contributed by atoms with Crippen LogP contribution in [0.25, 0.3) is 0 Å². The van der Waals surface area contributed by atoms with Crippen LogP contribution in [0.2, 0.25) is 5.02 Å². The van der Waals surface area contributed by atoms with Crippen LogP contribution in [0.4, 0.5) is 5.69 Å². The SMILES string of the molecule is C[C@H](OC(=O)C12C[C@H]3C[C@@H](CC(O)(C3)C1)C2)C(=O)Nc1ccc(Cl)c(S(=O)(=O)N(C)C)c1. The Labute approximate surface area is 193 Å². The number of benzene rings is 1. The van der Waals surface area contributed by atoms with Gasteiger partial charge in [0.15, 0.2) is 6.10 Å². The van der Waals surface area contributed by atoms with Crippen molar-refractivity contribution in [1.82, 2.24) is 4.31 Å². The molecule has 0 radical (unpaired) electrons. The van der Waals surface area contributed by atoms with Gasteiger partial charge in [-0.3, -0.25) is 9.59 Å². The van der Waals surface area contributed by atoms with Gasteiger partial charge >= 0.3 is 5.97 Å². The van der Waals surface area contributed by atoms with Gasteiger partial charge in [0.2, 0.25) is 10.0 Å². The number of amides is 1. The number of carbonyl (C=O) groups is 2. The number of nitrogens with zero attached hydrogens (tertiary/aromatic N) is 1. The van der Waals surface area contributed by atoms with Crippen LogP contribution in [0.3, 0.4) is 0 Å². The lowest BCUT2D eigenvalue weighted by molar-refractivity contribution is -0.199. The fourth-order valence-corrected chi connectivity index (χ4v) is 7.41. The molecule has 0 heterocycles. The second-order valence-corrected chi connectivity index (χ2v) is 12.5. The minimum Gasteiger partial charge on any atom is -0.452 e. The summed E-state index contributed by atoms with van der Waals surface area (Å²) in [7, 11) is -1.02. The van der Waals surface area contributed by atoms with Crippen molar-refractivity contribution in [2.24, 2.45) is 17.3 Å². The van der Waals surface area contributed by atoms with E-state index < -0.39 is 39.0 Å². The number of nitrogens with one attached hydrogen (secondary N) is 1. The summed E-state index contributed by atoms with van der Waals surface area (Å²) in [6, 6.07) is 4.15. The van der Waals surface area contributed by atoms with Crippen molar-refractivity contribution in [2.75, 3.05) is 19.4 Å². The molecule has 0 aromatic heterocycles. The highest BCUT2D eigenvalue weighted by molar-refractivity contribution is 7.89. The van der Waals surface area contributed by atoms with Crippen molar-refractivity contribution in [1.29, 1.82) is 0 Å². The molecule has 2 N–H and O–H groups in total. The summed E-state index contributed by atoms with van der Waals surface area (Å²) in [5.74, 6) is -0.356. The zero-order valence-electron chi connectivity index (χ0n) is 18.4. The van der Waals surface area contributed by atoms with Crippen molar-refractivity contribution in [2.45, 2.75) is 62.0 Å². The first-order valence-corrected chi connectivity index (χ1v) is 12.6. The average molecular weight is 485 g/mol. The zero-order valence-corrected chi connectivity index (χ0v) is 20.0.